The van der Waals surface area contributed by atoms with E-state index in [9.17, 15) is 23.2 Å². The van der Waals surface area contributed by atoms with Crippen LogP contribution in [0.15, 0.2) is 12.1 Å². The standard InChI is InChI=1S/C17H22F2N2O5/c1-16(2,3)25-14(23)20-21(15(24)26-17(4,5)6)10-7-12(18)11(9-22)13(19)8-10/h7-9H,1-6H3,(H,20,23). The van der Waals surface area contributed by atoms with Gasteiger partial charge in [-0.05, 0) is 41.5 Å². The Morgan fingerprint density at radius 3 is 1.85 bits per heavy atom. The number of hydrazine groups is 1. The lowest BCUT2D eigenvalue weighted by molar-refractivity contribution is 0.0425. The van der Waals surface area contributed by atoms with Gasteiger partial charge in [0.05, 0.1) is 11.3 Å². The fraction of sp³-hybridized carbons (Fsp3) is 0.471. The largest absolute Gasteiger partial charge is 0.443 e. The fourth-order valence-corrected chi connectivity index (χ4v) is 1.73. The normalized spacial score (nSPS) is 11.5. The molecule has 0 saturated heterocycles. The maximum Gasteiger partial charge on any atom is 0.434 e. The van der Waals surface area contributed by atoms with Gasteiger partial charge < -0.3 is 9.47 Å². The Labute approximate surface area is 150 Å². The number of nitrogens with zero attached hydrogens (tertiary/aromatic N) is 1. The zero-order valence-corrected chi connectivity index (χ0v) is 15.5. The summed E-state index contributed by atoms with van der Waals surface area (Å²) in [5, 5.41) is 0.500. The number of hydrogen-bond donors (Lipinski definition) is 1. The molecule has 144 valence electrons. The zero-order chi connectivity index (χ0) is 20.3. The van der Waals surface area contributed by atoms with Gasteiger partial charge in [0.1, 0.15) is 22.8 Å². The van der Waals surface area contributed by atoms with E-state index < -0.39 is 40.6 Å². The molecule has 1 rings (SSSR count). The molecule has 9 heteroatoms. The molecule has 1 N–H and O–H groups in total. The number of hydrogen-bond acceptors (Lipinski definition) is 5. The molecular formula is C17H22F2N2O5. The first kappa shape index (κ1) is 21.3. The molecule has 0 bridgehead atoms. The maximum absolute atomic E-state index is 13.9. The van der Waals surface area contributed by atoms with Crippen molar-refractivity contribution in [2.75, 3.05) is 5.01 Å². The summed E-state index contributed by atoms with van der Waals surface area (Å²) in [7, 11) is 0. The Bertz CT molecular complexity index is 685. The van der Waals surface area contributed by atoms with Crippen LogP contribution in [0, 0.1) is 11.6 Å². The Morgan fingerprint density at radius 1 is 1.00 bits per heavy atom. The van der Waals surface area contributed by atoms with Crippen molar-refractivity contribution in [3.8, 4) is 0 Å². The lowest BCUT2D eigenvalue weighted by Crippen LogP contribution is -2.50. The van der Waals surface area contributed by atoms with Gasteiger partial charge in [0, 0.05) is 12.1 Å². The van der Waals surface area contributed by atoms with Crippen molar-refractivity contribution >= 4 is 24.2 Å². The number of aldehydes is 1. The Kier molecular flexibility index (Phi) is 6.29. The highest BCUT2D eigenvalue weighted by molar-refractivity contribution is 5.91. The van der Waals surface area contributed by atoms with E-state index in [1.165, 1.54) is 0 Å². The topological polar surface area (TPSA) is 84.9 Å². The lowest BCUT2D eigenvalue weighted by atomic mass is 10.2. The number of carbonyl (C=O) groups is 3. The summed E-state index contributed by atoms with van der Waals surface area (Å²) in [6.07, 6.45) is -2.13. The molecule has 0 aliphatic rings. The molecule has 0 atom stereocenters. The first-order valence-electron chi connectivity index (χ1n) is 7.70. The predicted molar refractivity (Wildman–Crippen MR) is 89.8 cm³/mol. The van der Waals surface area contributed by atoms with Gasteiger partial charge in [0.15, 0.2) is 6.29 Å². The summed E-state index contributed by atoms with van der Waals surface area (Å²) in [6.45, 7) is 9.53. The van der Waals surface area contributed by atoms with E-state index in [1.807, 2.05) is 0 Å². The van der Waals surface area contributed by atoms with Gasteiger partial charge in [-0.3, -0.25) is 4.79 Å². The molecule has 0 aliphatic heterocycles. The highest BCUT2D eigenvalue weighted by Crippen LogP contribution is 2.22. The van der Waals surface area contributed by atoms with Crippen molar-refractivity contribution in [2.24, 2.45) is 0 Å². The van der Waals surface area contributed by atoms with Crippen LogP contribution in [0.3, 0.4) is 0 Å². The van der Waals surface area contributed by atoms with Crippen LogP contribution in [-0.4, -0.2) is 29.7 Å². The van der Waals surface area contributed by atoms with Crippen molar-refractivity contribution in [3.63, 3.8) is 0 Å². The summed E-state index contributed by atoms with van der Waals surface area (Å²) >= 11 is 0. The number of rotatable bonds is 2. The minimum Gasteiger partial charge on any atom is -0.443 e. The first-order valence-corrected chi connectivity index (χ1v) is 7.70. The molecule has 0 aromatic heterocycles. The third-order valence-electron chi connectivity index (χ3n) is 2.62. The first-order chi connectivity index (χ1) is 11.7. The third kappa shape index (κ3) is 6.30. The van der Waals surface area contributed by atoms with Crippen molar-refractivity contribution in [3.05, 3.63) is 29.3 Å². The van der Waals surface area contributed by atoms with Crippen LogP contribution in [0.4, 0.5) is 24.1 Å². The average molecular weight is 372 g/mol. The third-order valence-corrected chi connectivity index (χ3v) is 2.62. The van der Waals surface area contributed by atoms with Crippen LogP contribution in [-0.2, 0) is 9.47 Å². The van der Waals surface area contributed by atoms with Gasteiger partial charge in [-0.25, -0.2) is 23.8 Å². The summed E-state index contributed by atoms with van der Waals surface area (Å²) in [5.41, 5.74) is -0.913. The number of benzene rings is 1. The molecule has 2 amide bonds. The number of ether oxygens (including phenoxy) is 2. The number of anilines is 1. The van der Waals surface area contributed by atoms with Crippen molar-refractivity contribution in [1.29, 1.82) is 0 Å². The average Bonchev–Trinajstić information content (AvgIpc) is 2.40. The van der Waals surface area contributed by atoms with Crippen molar-refractivity contribution in [2.45, 2.75) is 52.7 Å². The van der Waals surface area contributed by atoms with Crippen LogP contribution >= 0.6 is 0 Å². The van der Waals surface area contributed by atoms with E-state index in [-0.39, 0.29) is 12.0 Å². The van der Waals surface area contributed by atoms with E-state index in [0.29, 0.717) is 17.1 Å². The Hall–Kier alpha value is -2.71. The molecule has 0 spiro atoms. The number of halogens is 2. The summed E-state index contributed by atoms with van der Waals surface area (Å²) in [6, 6.07) is 1.43. The lowest BCUT2D eigenvalue weighted by Gasteiger charge is -2.29. The number of carbonyl (C=O) groups excluding carboxylic acids is 3. The van der Waals surface area contributed by atoms with Crippen LogP contribution in [0.5, 0.6) is 0 Å². The van der Waals surface area contributed by atoms with Gasteiger partial charge >= 0.3 is 12.2 Å². The van der Waals surface area contributed by atoms with Gasteiger partial charge in [-0.2, -0.15) is 5.01 Å². The molecular weight excluding hydrogens is 350 g/mol. The van der Waals surface area contributed by atoms with E-state index in [4.69, 9.17) is 9.47 Å². The van der Waals surface area contributed by atoms with Crippen molar-refractivity contribution < 1.29 is 32.6 Å². The molecule has 26 heavy (non-hydrogen) atoms. The highest BCUT2D eigenvalue weighted by Gasteiger charge is 2.28. The van der Waals surface area contributed by atoms with Gasteiger partial charge in [-0.15, -0.1) is 0 Å². The monoisotopic (exact) mass is 372 g/mol. The molecule has 0 fully saturated rings. The molecule has 1 aromatic carbocycles. The minimum absolute atomic E-state index is 0.00750. The Balaban J connectivity index is 3.26. The Morgan fingerprint density at radius 2 is 1.46 bits per heavy atom. The van der Waals surface area contributed by atoms with Crippen LogP contribution in [0.25, 0.3) is 0 Å². The maximum atomic E-state index is 13.9. The smallest absolute Gasteiger partial charge is 0.434 e. The SMILES string of the molecule is CC(C)(C)OC(=O)NN(C(=O)OC(C)(C)C)c1cc(F)c(C=O)c(F)c1. The quantitative estimate of drug-likeness (QED) is 0.627. The van der Waals surface area contributed by atoms with Crippen LogP contribution in [0.1, 0.15) is 51.9 Å². The van der Waals surface area contributed by atoms with Crippen LogP contribution < -0.4 is 10.4 Å². The minimum atomic E-state index is -1.20. The van der Waals surface area contributed by atoms with Gasteiger partial charge in [0.2, 0.25) is 0 Å². The molecule has 0 radical (unpaired) electrons. The molecule has 0 aliphatic carbocycles. The molecule has 0 saturated carbocycles. The second-order valence-electron chi connectivity index (χ2n) is 7.37. The molecule has 0 heterocycles. The van der Waals surface area contributed by atoms with Crippen molar-refractivity contribution in [1.82, 2.24) is 5.43 Å². The van der Waals surface area contributed by atoms with Crippen LogP contribution in [0.2, 0.25) is 0 Å². The fourth-order valence-electron chi connectivity index (χ4n) is 1.73. The van der Waals surface area contributed by atoms with E-state index in [1.54, 1.807) is 41.5 Å². The number of amides is 2. The second-order valence-corrected chi connectivity index (χ2v) is 7.37. The second kappa shape index (κ2) is 7.67. The predicted octanol–water partition coefficient (Wildman–Crippen LogP) is 3.96. The van der Waals surface area contributed by atoms with Gasteiger partial charge in [-0.1, -0.05) is 0 Å². The van der Waals surface area contributed by atoms with Gasteiger partial charge in [0.25, 0.3) is 0 Å². The highest BCUT2D eigenvalue weighted by atomic mass is 19.1. The summed E-state index contributed by atoms with van der Waals surface area (Å²) in [5.74, 6) is -2.40. The zero-order valence-electron chi connectivity index (χ0n) is 15.5. The molecule has 1 aromatic rings. The van der Waals surface area contributed by atoms with E-state index in [0.717, 1.165) is 0 Å². The van der Waals surface area contributed by atoms with E-state index >= 15 is 0 Å². The summed E-state index contributed by atoms with van der Waals surface area (Å²) in [4.78, 5) is 35.0. The molecule has 7 nitrogen and oxygen atoms in total. The van der Waals surface area contributed by atoms with E-state index in [2.05, 4.69) is 5.43 Å². The molecule has 0 unspecified atom stereocenters. The number of nitrogens with one attached hydrogen (secondary N) is 1. The summed E-state index contributed by atoms with van der Waals surface area (Å²) < 4.78 is 37.9.